The van der Waals surface area contributed by atoms with Crippen molar-refractivity contribution in [1.82, 2.24) is 4.90 Å². The van der Waals surface area contributed by atoms with Gasteiger partial charge in [-0.15, -0.1) is 0 Å². The number of benzene rings is 1. The van der Waals surface area contributed by atoms with Gasteiger partial charge in [0.25, 0.3) is 0 Å². The van der Waals surface area contributed by atoms with Gasteiger partial charge in [0.05, 0.1) is 19.8 Å². The van der Waals surface area contributed by atoms with Crippen molar-refractivity contribution >= 4 is 11.7 Å². The number of likely N-dealkylation sites (tertiary alicyclic amines) is 1. The van der Waals surface area contributed by atoms with Crippen LogP contribution in [0.3, 0.4) is 0 Å². The van der Waals surface area contributed by atoms with Crippen molar-refractivity contribution in [3.05, 3.63) is 24.3 Å². The lowest BCUT2D eigenvalue weighted by Crippen LogP contribution is -2.44. The van der Waals surface area contributed by atoms with E-state index >= 15 is 0 Å². The van der Waals surface area contributed by atoms with Crippen LogP contribution in [0.15, 0.2) is 24.3 Å². The third-order valence-electron chi connectivity index (χ3n) is 3.67. The fourth-order valence-electron chi connectivity index (χ4n) is 2.53. The second-order valence-electron chi connectivity index (χ2n) is 5.04. The molecule has 1 aliphatic heterocycles. The second-order valence-corrected chi connectivity index (χ2v) is 5.04. The molecule has 1 aromatic carbocycles. The summed E-state index contributed by atoms with van der Waals surface area (Å²) in [6.07, 6.45) is 4.03. The van der Waals surface area contributed by atoms with E-state index in [1.807, 2.05) is 18.2 Å². The number of nitrogens with zero attached hydrogens (tertiary/aromatic N) is 1. The van der Waals surface area contributed by atoms with E-state index in [0.29, 0.717) is 18.0 Å². The van der Waals surface area contributed by atoms with Crippen LogP contribution >= 0.6 is 0 Å². The van der Waals surface area contributed by atoms with Crippen LogP contribution in [0.25, 0.3) is 0 Å². The molecule has 0 spiro atoms. The third kappa shape index (κ3) is 3.63. The Balaban J connectivity index is 2.05. The molecule has 2 N–H and O–H groups in total. The number of aliphatic hydroxyl groups is 1. The van der Waals surface area contributed by atoms with Gasteiger partial charge in [-0.25, -0.2) is 4.79 Å². The molecule has 1 saturated heterocycles. The number of aliphatic hydroxyl groups excluding tert-OH is 1. The molecule has 0 radical (unpaired) electrons. The van der Waals surface area contributed by atoms with E-state index < -0.39 is 0 Å². The third-order valence-corrected chi connectivity index (χ3v) is 3.67. The summed E-state index contributed by atoms with van der Waals surface area (Å²) >= 11 is 0. The van der Waals surface area contributed by atoms with Crippen molar-refractivity contribution in [2.45, 2.75) is 31.7 Å². The molecule has 5 nitrogen and oxygen atoms in total. The highest BCUT2D eigenvalue weighted by molar-refractivity contribution is 5.89. The molecule has 1 heterocycles. The summed E-state index contributed by atoms with van der Waals surface area (Å²) in [6.45, 7) is 0.715. The highest BCUT2D eigenvalue weighted by atomic mass is 16.5. The maximum Gasteiger partial charge on any atom is 0.322 e. The minimum atomic E-state index is -0.154. The Morgan fingerprint density at radius 2 is 2.30 bits per heavy atom. The number of ether oxygens (including phenoxy) is 1. The summed E-state index contributed by atoms with van der Waals surface area (Å²) in [5, 5.41) is 12.3. The van der Waals surface area contributed by atoms with Gasteiger partial charge in [-0.05, 0) is 25.0 Å². The van der Waals surface area contributed by atoms with Gasteiger partial charge < -0.3 is 20.1 Å². The summed E-state index contributed by atoms with van der Waals surface area (Å²) in [5.74, 6) is 0.706. The molecule has 0 aromatic heterocycles. The molecule has 0 bridgehead atoms. The van der Waals surface area contributed by atoms with Crippen molar-refractivity contribution in [3.8, 4) is 5.75 Å². The maximum absolute atomic E-state index is 12.4. The van der Waals surface area contributed by atoms with Crippen LogP contribution in [-0.4, -0.2) is 42.3 Å². The summed E-state index contributed by atoms with van der Waals surface area (Å²) in [5.41, 5.74) is 0.704. The van der Waals surface area contributed by atoms with E-state index in [1.165, 1.54) is 0 Å². The molecule has 1 fully saturated rings. The lowest BCUT2D eigenvalue weighted by molar-refractivity contribution is 0.142. The molecule has 5 heteroatoms. The Labute approximate surface area is 119 Å². The van der Waals surface area contributed by atoms with Crippen molar-refractivity contribution in [1.29, 1.82) is 0 Å². The van der Waals surface area contributed by atoms with Gasteiger partial charge >= 0.3 is 6.03 Å². The topological polar surface area (TPSA) is 61.8 Å². The first-order valence-electron chi connectivity index (χ1n) is 7.07. The zero-order valence-electron chi connectivity index (χ0n) is 11.8. The van der Waals surface area contributed by atoms with Gasteiger partial charge in [0.1, 0.15) is 5.75 Å². The lowest BCUT2D eigenvalue weighted by atomic mass is 10.1. The van der Waals surface area contributed by atoms with Gasteiger partial charge in [0, 0.05) is 18.3 Å². The van der Waals surface area contributed by atoms with E-state index in [-0.39, 0.29) is 18.7 Å². The number of carbonyl (C=O) groups excluding carboxylic acids is 1. The Morgan fingerprint density at radius 3 is 3.05 bits per heavy atom. The normalized spacial score (nSPS) is 19.3. The highest BCUT2D eigenvalue weighted by Crippen LogP contribution is 2.20. The van der Waals surface area contributed by atoms with Gasteiger partial charge in [-0.1, -0.05) is 18.9 Å². The standard InChI is InChI=1S/C15H22N2O3/c1-20-14-8-5-6-12(10-14)16-15(19)17-9-4-2-3-7-13(17)11-18/h5-6,8,10,13,18H,2-4,7,9,11H2,1H3,(H,16,19). The molecule has 1 unspecified atom stereocenters. The van der Waals surface area contributed by atoms with E-state index in [1.54, 1.807) is 18.1 Å². The fraction of sp³-hybridized carbons (Fsp3) is 0.533. The van der Waals surface area contributed by atoms with Crippen LogP contribution in [0, 0.1) is 0 Å². The molecule has 2 amide bonds. The van der Waals surface area contributed by atoms with Crippen LogP contribution in [0.1, 0.15) is 25.7 Å². The number of methoxy groups -OCH3 is 1. The lowest BCUT2D eigenvalue weighted by Gasteiger charge is -2.28. The SMILES string of the molecule is COc1cccc(NC(=O)N2CCCCCC2CO)c1. The zero-order chi connectivity index (χ0) is 14.4. The first-order chi connectivity index (χ1) is 9.74. The summed E-state index contributed by atoms with van der Waals surface area (Å²) < 4.78 is 5.14. The van der Waals surface area contributed by atoms with Gasteiger partial charge in [0.2, 0.25) is 0 Å². The van der Waals surface area contributed by atoms with Crippen molar-refractivity contribution in [2.24, 2.45) is 0 Å². The zero-order valence-corrected chi connectivity index (χ0v) is 11.8. The van der Waals surface area contributed by atoms with Gasteiger partial charge in [-0.2, -0.15) is 0 Å². The number of amides is 2. The monoisotopic (exact) mass is 278 g/mol. The highest BCUT2D eigenvalue weighted by Gasteiger charge is 2.24. The average Bonchev–Trinajstić information content (AvgIpc) is 2.72. The summed E-state index contributed by atoms with van der Waals surface area (Å²) in [6, 6.07) is 7.04. The van der Waals surface area contributed by atoms with Crippen LogP contribution in [0.5, 0.6) is 5.75 Å². The molecule has 0 saturated carbocycles. The maximum atomic E-state index is 12.4. The predicted molar refractivity (Wildman–Crippen MR) is 78.1 cm³/mol. The quantitative estimate of drug-likeness (QED) is 0.893. The Kier molecular flexibility index (Phi) is 5.24. The Bertz CT molecular complexity index is 450. The smallest absolute Gasteiger partial charge is 0.322 e. The number of urea groups is 1. The number of anilines is 1. The molecule has 0 aliphatic carbocycles. The number of hydrogen-bond acceptors (Lipinski definition) is 3. The summed E-state index contributed by atoms with van der Waals surface area (Å²) in [4.78, 5) is 14.1. The molecule has 1 aromatic rings. The minimum Gasteiger partial charge on any atom is -0.497 e. The second kappa shape index (κ2) is 7.14. The number of hydrogen-bond donors (Lipinski definition) is 2. The van der Waals surface area contributed by atoms with E-state index in [4.69, 9.17) is 4.74 Å². The first-order valence-corrected chi connectivity index (χ1v) is 7.07. The van der Waals surface area contributed by atoms with Crippen molar-refractivity contribution < 1.29 is 14.6 Å². The fourth-order valence-corrected chi connectivity index (χ4v) is 2.53. The Hall–Kier alpha value is -1.75. The van der Waals surface area contributed by atoms with Crippen LogP contribution in [0.2, 0.25) is 0 Å². The number of carbonyl (C=O) groups is 1. The van der Waals surface area contributed by atoms with Crippen molar-refractivity contribution in [2.75, 3.05) is 25.6 Å². The molecule has 20 heavy (non-hydrogen) atoms. The molecular weight excluding hydrogens is 256 g/mol. The predicted octanol–water partition coefficient (Wildman–Crippen LogP) is 2.46. The minimum absolute atomic E-state index is 0.0194. The Morgan fingerprint density at radius 1 is 1.45 bits per heavy atom. The van der Waals surface area contributed by atoms with Crippen LogP contribution in [-0.2, 0) is 0 Å². The van der Waals surface area contributed by atoms with Gasteiger partial charge in [-0.3, -0.25) is 0 Å². The first kappa shape index (κ1) is 14.7. The summed E-state index contributed by atoms with van der Waals surface area (Å²) in [7, 11) is 1.59. The van der Waals surface area contributed by atoms with E-state index in [0.717, 1.165) is 25.7 Å². The van der Waals surface area contributed by atoms with Crippen LogP contribution in [0.4, 0.5) is 10.5 Å². The van der Waals surface area contributed by atoms with Crippen LogP contribution < -0.4 is 10.1 Å². The number of nitrogens with one attached hydrogen (secondary N) is 1. The molecule has 1 atom stereocenters. The van der Waals surface area contributed by atoms with E-state index in [9.17, 15) is 9.90 Å². The molecule has 1 aliphatic rings. The molecular formula is C15H22N2O3. The van der Waals surface area contributed by atoms with Crippen molar-refractivity contribution in [3.63, 3.8) is 0 Å². The largest absolute Gasteiger partial charge is 0.497 e. The average molecular weight is 278 g/mol. The molecule has 2 rings (SSSR count). The van der Waals surface area contributed by atoms with Gasteiger partial charge in [0.15, 0.2) is 0 Å². The molecule has 110 valence electrons. The van der Waals surface area contributed by atoms with E-state index in [2.05, 4.69) is 5.32 Å². The number of rotatable bonds is 3.